The number of aryl methyl sites for hydroxylation is 1. The molecule has 4 heteroatoms. The van der Waals surface area contributed by atoms with E-state index in [1.165, 1.54) is 0 Å². The fraction of sp³-hybridized carbons (Fsp3) is 0.600. The summed E-state index contributed by atoms with van der Waals surface area (Å²) >= 11 is 0. The molecule has 0 atom stereocenters. The normalized spacial score (nSPS) is 18.6. The molecular formula is C10H15N3O. The largest absolute Gasteiger partial charge is 0.393 e. The lowest BCUT2D eigenvalue weighted by atomic mass is 10.1. The third-order valence-corrected chi connectivity index (χ3v) is 2.51. The van der Waals surface area contributed by atoms with E-state index in [9.17, 15) is 5.11 Å². The number of aromatic nitrogens is 2. The van der Waals surface area contributed by atoms with Gasteiger partial charge in [-0.05, 0) is 25.3 Å². The first-order valence-electron chi connectivity index (χ1n) is 4.97. The minimum atomic E-state index is -0.142. The molecule has 0 aliphatic carbocycles. The predicted molar refractivity (Wildman–Crippen MR) is 54.2 cm³/mol. The van der Waals surface area contributed by atoms with Crippen molar-refractivity contribution in [2.24, 2.45) is 0 Å². The Morgan fingerprint density at radius 2 is 1.86 bits per heavy atom. The Morgan fingerprint density at radius 1 is 1.29 bits per heavy atom. The van der Waals surface area contributed by atoms with Gasteiger partial charge in [-0.15, -0.1) is 0 Å². The molecule has 0 aromatic carbocycles. The minimum absolute atomic E-state index is 0.142. The van der Waals surface area contributed by atoms with Crippen LogP contribution in [0.25, 0.3) is 0 Å². The van der Waals surface area contributed by atoms with E-state index < -0.39 is 0 Å². The van der Waals surface area contributed by atoms with Crippen LogP contribution in [0.1, 0.15) is 18.4 Å². The maximum atomic E-state index is 9.35. The van der Waals surface area contributed by atoms with E-state index in [0.717, 1.165) is 37.4 Å². The van der Waals surface area contributed by atoms with E-state index in [1.807, 2.05) is 19.3 Å². The van der Waals surface area contributed by atoms with Crippen LogP contribution in [0.15, 0.2) is 12.4 Å². The zero-order valence-electron chi connectivity index (χ0n) is 8.35. The van der Waals surface area contributed by atoms with Crippen LogP contribution in [-0.2, 0) is 0 Å². The number of nitrogens with zero attached hydrogens (tertiary/aromatic N) is 3. The first-order chi connectivity index (χ1) is 6.75. The van der Waals surface area contributed by atoms with Crippen LogP contribution in [0.5, 0.6) is 0 Å². The number of hydrogen-bond acceptors (Lipinski definition) is 4. The average Bonchev–Trinajstić information content (AvgIpc) is 2.21. The van der Waals surface area contributed by atoms with Crippen LogP contribution in [0.3, 0.4) is 0 Å². The van der Waals surface area contributed by atoms with Gasteiger partial charge in [0, 0.05) is 25.5 Å². The predicted octanol–water partition coefficient (Wildman–Crippen LogP) is 0.746. The summed E-state index contributed by atoms with van der Waals surface area (Å²) in [5, 5.41) is 9.35. The molecule has 2 rings (SSSR count). The molecule has 0 spiro atoms. The van der Waals surface area contributed by atoms with E-state index in [0.29, 0.717) is 0 Å². The van der Waals surface area contributed by atoms with Crippen molar-refractivity contribution in [3.8, 4) is 0 Å². The monoisotopic (exact) mass is 193 g/mol. The molecular weight excluding hydrogens is 178 g/mol. The molecule has 1 saturated heterocycles. The summed E-state index contributed by atoms with van der Waals surface area (Å²) in [6, 6.07) is 0. The van der Waals surface area contributed by atoms with Crippen LogP contribution in [-0.4, -0.2) is 34.3 Å². The highest BCUT2D eigenvalue weighted by Gasteiger charge is 2.18. The SMILES string of the molecule is Cc1cnc(N2CCC(O)CC2)nc1. The Kier molecular flexibility index (Phi) is 2.63. The van der Waals surface area contributed by atoms with Crippen LogP contribution in [0.2, 0.25) is 0 Å². The van der Waals surface area contributed by atoms with Gasteiger partial charge in [-0.25, -0.2) is 9.97 Å². The van der Waals surface area contributed by atoms with Crippen LogP contribution >= 0.6 is 0 Å². The van der Waals surface area contributed by atoms with Crippen molar-refractivity contribution >= 4 is 5.95 Å². The van der Waals surface area contributed by atoms with Gasteiger partial charge in [0.25, 0.3) is 0 Å². The summed E-state index contributed by atoms with van der Waals surface area (Å²) in [5.41, 5.74) is 1.07. The van der Waals surface area contributed by atoms with E-state index in [-0.39, 0.29) is 6.10 Å². The third kappa shape index (κ3) is 2.01. The summed E-state index contributed by atoms with van der Waals surface area (Å²) in [5.74, 6) is 0.780. The smallest absolute Gasteiger partial charge is 0.225 e. The van der Waals surface area contributed by atoms with E-state index in [4.69, 9.17) is 0 Å². The highest BCUT2D eigenvalue weighted by Crippen LogP contribution is 2.15. The molecule has 0 radical (unpaired) electrons. The second kappa shape index (κ2) is 3.92. The van der Waals surface area contributed by atoms with E-state index in [2.05, 4.69) is 14.9 Å². The Balaban J connectivity index is 2.05. The van der Waals surface area contributed by atoms with E-state index in [1.54, 1.807) is 0 Å². The number of aliphatic hydroxyl groups excluding tert-OH is 1. The van der Waals surface area contributed by atoms with Gasteiger partial charge in [-0.3, -0.25) is 0 Å². The fourth-order valence-electron chi connectivity index (χ4n) is 1.61. The second-order valence-corrected chi connectivity index (χ2v) is 3.78. The van der Waals surface area contributed by atoms with Gasteiger partial charge in [0.2, 0.25) is 5.95 Å². The molecule has 14 heavy (non-hydrogen) atoms. The fourth-order valence-corrected chi connectivity index (χ4v) is 1.61. The van der Waals surface area contributed by atoms with Crippen molar-refractivity contribution in [2.75, 3.05) is 18.0 Å². The summed E-state index contributed by atoms with van der Waals surface area (Å²) in [4.78, 5) is 10.6. The van der Waals surface area contributed by atoms with Crippen molar-refractivity contribution in [1.82, 2.24) is 9.97 Å². The van der Waals surface area contributed by atoms with Gasteiger partial charge >= 0.3 is 0 Å². The highest BCUT2D eigenvalue weighted by molar-refractivity contribution is 5.30. The van der Waals surface area contributed by atoms with Crippen molar-refractivity contribution in [3.05, 3.63) is 18.0 Å². The summed E-state index contributed by atoms with van der Waals surface area (Å²) in [6.45, 7) is 3.68. The molecule has 4 nitrogen and oxygen atoms in total. The number of aliphatic hydroxyl groups is 1. The number of rotatable bonds is 1. The summed E-state index contributed by atoms with van der Waals surface area (Å²) in [6.07, 6.45) is 5.14. The van der Waals surface area contributed by atoms with Crippen molar-refractivity contribution in [3.63, 3.8) is 0 Å². The van der Waals surface area contributed by atoms with Crippen molar-refractivity contribution < 1.29 is 5.11 Å². The topological polar surface area (TPSA) is 49.2 Å². The average molecular weight is 193 g/mol. The highest BCUT2D eigenvalue weighted by atomic mass is 16.3. The molecule has 1 aromatic heterocycles. The summed E-state index contributed by atoms with van der Waals surface area (Å²) < 4.78 is 0. The van der Waals surface area contributed by atoms with Crippen LogP contribution < -0.4 is 4.90 Å². The second-order valence-electron chi connectivity index (χ2n) is 3.78. The van der Waals surface area contributed by atoms with Crippen LogP contribution in [0, 0.1) is 6.92 Å². The maximum absolute atomic E-state index is 9.35. The molecule has 1 aromatic rings. The molecule has 2 heterocycles. The molecule has 1 aliphatic heterocycles. The van der Waals surface area contributed by atoms with Crippen molar-refractivity contribution in [2.45, 2.75) is 25.9 Å². The van der Waals surface area contributed by atoms with Crippen molar-refractivity contribution in [1.29, 1.82) is 0 Å². The molecule has 1 fully saturated rings. The van der Waals surface area contributed by atoms with E-state index >= 15 is 0 Å². The molecule has 76 valence electrons. The summed E-state index contributed by atoms with van der Waals surface area (Å²) in [7, 11) is 0. The van der Waals surface area contributed by atoms with Gasteiger partial charge < -0.3 is 10.0 Å². The lowest BCUT2D eigenvalue weighted by Crippen LogP contribution is -2.36. The molecule has 1 aliphatic rings. The standard InChI is InChI=1S/C10H15N3O/c1-8-6-11-10(12-7-8)13-4-2-9(14)3-5-13/h6-7,9,14H,2-5H2,1H3. The molecule has 0 amide bonds. The van der Waals surface area contributed by atoms with Crippen LogP contribution in [0.4, 0.5) is 5.95 Å². The Labute approximate surface area is 83.6 Å². The molecule has 0 bridgehead atoms. The quantitative estimate of drug-likeness (QED) is 0.715. The number of anilines is 1. The van der Waals surface area contributed by atoms with Gasteiger partial charge in [-0.2, -0.15) is 0 Å². The zero-order chi connectivity index (χ0) is 9.97. The Hall–Kier alpha value is -1.16. The van der Waals surface area contributed by atoms with Gasteiger partial charge in [-0.1, -0.05) is 0 Å². The first kappa shape index (κ1) is 9.40. The molecule has 1 N–H and O–H groups in total. The number of piperidine rings is 1. The van der Waals surface area contributed by atoms with Gasteiger partial charge in [0.1, 0.15) is 0 Å². The maximum Gasteiger partial charge on any atom is 0.225 e. The Morgan fingerprint density at radius 3 is 2.43 bits per heavy atom. The lowest BCUT2D eigenvalue weighted by Gasteiger charge is -2.29. The molecule has 0 unspecified atom stereocenters. The van der Waals surface area contributed by atoms with Gasteiger partial charge in [0.05, 0.1) is 6.10 Å². The van der Waals surface area contributed by atoms with Gasteiger partial charge in [0.15, 0.2) is 0 Å². The minimum Gasteiger partial charge on any atom is -0.393 e. The third-order valence-electron chi connectivity index (χ3n) is 2.51. The number of hydrogen-bond donors (Lipinski definition) is 1. The zero-order valence-corrected chi connectivity index (χ0v) is 8.35. The Bertz CT molecular complexity index is 291. The lowest BCUT2D eigenvalue weighted by molar-refractivity contribution is 0.145. The first-order valence-corrected chi connectivity index (χ1v) is 4.97. The molecule has 0 saturated carbocycles.